The minimum atomic E-state index is -4.28. The largest absolute Gasteiger partial charge is 0.472 e. The molecule has 0 spiro atoms. The first kappa shape index (κ1) is 50.3. The van der Waals surface area contributed by atoms with Gasteiger partial charge in [-0.25, -0.2) is 4.57 Å². The summed E-state index contributed by atoms with van der Waals surface area (Å²) in [5.74, 6) is -0.811. The van der Waals surface area contributed by atoms with Gasteiger partial charge >= 0.3 is 19.8 Å². The SMILES string of the molecule is CCCCC/C=C\C/C=C\CCCCCCCCCCCC(=O)OC(COC(=O)CCCCCCC/C=C\CCCCCC)COP(=O)(O)OCC. The van der Waals surface area contributed by atoms with E-state index in [1.165, 1.54) is 96.3 Å². The van der Waals surface area contributed by atoms with E-state index < -0.39 is 26.5 Å². The van der Waals surface area contributed by atoms with Crippen molar-refractivity contribution < 1.29 is 37.6 Å². The van der Waals surface area contributed by atoms with Gasteiger partial charge in [-0.15, -0.1) is 0 Å². The van der Waals surface area contributed by atoms with Crippen molar-refractivity contribution in [3.8, 4) is 0 Å². The van der Waals surface area contributed by atoms with Gasteiger partial charge in [-0.05, 0) is 77.6 Å². The number of rotatable bonds is 39. The monoisotopic (exact) mass is 755 g/mol. The molecular formula is C43H79O8P. The standard InChI is InChI=1S/C43H79O8P/c1-4-7-9-11-13-15-17-19-20-21-22-23-24-26-28-30-32-34-36-38-43(45)51-41(40-50-52(46,47)49-6-3)39-48-42(44)37-35-33-31-29-27-25-18-16-14-12-10-8-5-2/h13,15-16,18-20,41H,4-12,14,17,21-40H2,1-3H3,(H,46,47)/b15-13-,18-16-,20-19-. The molecule has 2 unspecified atom stereocenters. The van der Waals surface area contributed by atoms with Crippen molar-refractivity contribution in [1.29, 1.82) is 0 Å². The molecule has 0 amide bonds. The molecule has 0 fully saturated rings. The Balaban J connectivity index is 4.09. The minimum Gasteiger partial charge on any atom is -0.462 e. The van der Waals surface area contributed by atoms with Crippen LogP contribution in [0.25, 0.3) is 0 Å². The van der Waals surface area contributed by atoms with Crippen molar-refractivity contribution in [3.63, 3.8) is 0 Å². The highest BCUT2D eigenvalue weighted by Gasteiger charge is 2.25. The number of phosphoric ester groups is 1. The summed E-state index contributed by atoms with van der Waals surface area (Å²) < 4.78 is 32.6. The molecule has 0 aromatic carbocycles. The molecule has 0 aliphatic heterocycles. The lowest BCUT2D eigenvalue weighted by atomic mass is 10.1. The topological polar surface area (TPSA) is 108 Å². The highest BCUT2D eigenvalue weighted by atomic mass is 31.2. The lowest BCUT2D eigenvalue weighted by Gasteiger charge is -2.19. The van der Waals surface area contributed by atoms with Crippen molar-refractivity contribution in [2.45, 2.75) is 207 Å². The van der Waals surface area contributed by atoms with E-state index in [-0.39, 0.29) is 32.0 Å². The van der Waals surface area contributed by atoms with E-state index in [2.05, 4.69) is 50.3 Å². The van der Waals surface area contributed by atoms with Gasteiger partial charge in [0.25, 0.3) is 0 Å². The van der Waals surface area contributed by atoms with Crippen LogP contribution in [0, 0.1) is 0 Å². The van der Waals surface area contributed by atoms with Crippen LogP contribution in [0.2, 0.25) is 0 Å². The van der Waals surface area contributed by atoms with Crippen molar-refractivity contribution >= 4 is 19.8 Å². The summed E-state index contributed by atoms with van der Waals surface area (Å²) in [7, 11) is -4.28. The highest BCUT2D eigenvalue weighted by Crippen LogP contribution is 2.43. The first-order valence-corrected chi connectivity index (χ1v) is 22.8. The molecule has 0 aliphatic rings. The van der Waals surface area contributed by atoms with Gasteiger partial charge in [-0.2, -0.15) is 0 Å². The normalized spacial score (nSPS) is 13.7. The summed E-state index contributed by atoms with van der Waals surface area (Å²) in [4.78, 5) is 34.7. The second-order valence-corrected chi connectivity index (χ2v) is 15.5. The van der Waals surface area contributed by atoms with Crippen LogP contribution in [-0.4, -0.2) is 42.8 Å². The summed E-state index contributed by atoms with van der Waals surface area (Å²) >= 11 is 0. The van der Waals surface area contributed by atoms with E-state index >= 15 is 0 Å². The van der Waals surface area contributed by atoms with Crippen molar-refractivity contribution in [1.82, 2.24) is 0 Å². The molecule has 9 heteroatoms. The molecule has 0 rings (SSSR count). The second-order valence-electron chi connectivity index (χ2n) is 14.0. The third-order valence-electron chi connectivity index (χ3n) is 8.92. The fourth-order valence-corrected chi connectivity index (χ4v) is 6.53. The van der Waals surface area contributed by atoms with Crippen molar-refractivity contribution in [2.24, 2.45) is 0 Å². The fourth-order valence-electron chi connectivity index (χ4n) is 5.77. The summed E-state index contributed by atoms with van der Waals surface area (Å²) in [5, 5.41) is 0. The Bertz CT molecular complexity index is 947. The maximum atomic E-state index is 12.5. The molecule has 8 nitrogen and oxygen atoms in total. The molecule has 0 saturated heterocycles. The van der Waals surface area contributed by atoms with Gasteiger partial charge in [0.2, 0.25) is 0 Å². The Morgan fingerprint density at radius 1 is 0.519 bits per heavy atom. The zero-order chi connectivity index (χ0) is 38.2. The summed E-state index contributed by atoms with van der Waals surface area (Å²) in [5.41, 5.74) is 0. The predicted molar refractivity (Wildman–Crippen MR) is 216 cm³/mol. The highest BCUT2D eigenvalue weighted by molar-refractivity contribution is 7.47. The van der Waals surface area contributed by atoms with Gasteiger partial charge in [0.15, 0.2) is 6.10 Å². The maximum Gasteiger partial charge on any atom is 0.472 e. The van der Waals surface area contributed by atoms with Crippen LogP contribution in [0.3, 0.4) is 0 Å². The van der Waals surface area contributed by atoms with E-state index in [1.54, 1.807) is 6.92 Å². The molecule has 0 heterocycles. The number of hydrogen-bond donors (Lipinski definition) is 1. The first-order valence-electron chi connectivity index (χ1n) is 21.3. The lowest BCUT2D eigenvalue weighted by Crippen LogP contribution is -2.29. The van der Waals surface area contributed by atoms with E-state index in [1.807, 2.05) is 0 Å². The van der Waals surface area contributed by atoms with Gasteiger partial charge in [-0.3, -0.25) is 18.6 Å². The Morgan fingerprint density at radius 2 is 0.923 bits per heavy atom. The van der Waals surface area contributed by atoms with E-state index in [9.17, 15) is 19.0 Å². The quantitative estimate of drug-likeness (QED) is 0.0286. The third kappa shape index (κ3) is 38.0. The smallest absolute Gasteiger partial charge is 0.462 e. The number of phosphoric acid groups is 1. The molecule has 304 valence electrons. The molecule has 0 radical (unpaired) electrons. The number of unbranched alkanes of at least 4 members (excludes halogenated alkanes) is 21. The molecule has 2 atom stereocenters. The van der Waals surface area contributed by atoms with Gasteiger partial charge in [0, 0.05) is 12.8 Å². The number of carbonyl (C=O) groups is 2. The lowest BCUT2D eigenvalue weighted by molar-refractivity contribution is -0.161. The van der Waals surface area contributed by atoms with Crippen LogP contribution in [0.1, 0.15) is 201 Å². The van der Waals surface area contributed by atoms with E-state index in [0.29, 0.717) is 6.42 Å². The molecule has 0 bridgehead atoms. The van der Waals surface area contributed by atoms with Crippen molar-refractivity contribution in [3.05, 3.63) is 36.5 Å². The van der Waals surface area contributed by atoms with E-state index in [0.717, 1.165) is 64.2 Å². The molecule has 0 saturated carbocycles. The first-order chi connectivity index (χ1) is 25.3. The molecule has 0 aromatic heterocycles. The number of ether oxygens (including phenoxy) is 2. The zero-order valence-electron chi connectivity index (χ0n) is 33.7. The Morgan fingerprint density at radius 3 is 1.42 bits per heavy atom. The summed E-state index contributed by atoms with van der Waals surface area (Å²) in [6.07, 6.45) is 43.3. The summed E-state index contributed by atoms with van der Waals surface area (Å²) in [6, 6.07) is 0. The molecule has 52 heavy (non-hydrogen) atoms. The predicted octanol–water partition coefficient (Wildman–Crippen LogP) is 13.2. The average Bonchev–Trinajstić information content (AvgIpc) is 3.12. The Hall–Kier alpha value is -1.73. The molecule has 0 aromatic rings. The van der Waals surface area contributed by atoms with Gasteiger partial charge in [-0.1, -0.05) is 147 Å². The van der Waals surface area contributed by atoms with Crippen LogP contribution in [-0.2, 0) is 32.7 Å². The van der Waals surface area contributed by atoms with Crippen LogP contribution in [0.5, 0.6) is 0 Å². The molecular weight excluding hydrogens is 675 g/mol. The molecule has 0 aliphatic carbocycles. The van der Waals surface area contributed by atoms with E-state index in [4.69, 9.17) is 18.5 Å². The summed E-state index contributed by atoms with van der Waals surface area (Å²) in [6.45, 7) is 5.42. The third-order valence-corrected chi connectivity index (χ3v) is 9.98. The number of carbonyl (C=O) groups excluding carboxylic acids is 2. The number of hydrogen-bond acceptors (Lipinski definition) is 7. The van der Waals surface area contributed by atoms with Crippen LogP contribution >= 0.6 is 7.82 Å². The van der Waals surface area contributed by atoms with Gasteiger partial charge in [0.05, 0.1) is 13.2 Å². The average molecular weight is 755 g/mol. The van der Waals surface area contributed by atoms with Crippen LogP contribution in [0.4, 0.5) is 0 Å². The van der Waals surface area contributed by atoms with Crippen molar-refractivity contribution in [2.75, 3.05) is 19.8 Å². The molecule has 1 N–H and O–H groups in total. The van der Waals surface area contributed by atoms with Crippen LogP contribution < -0.4 is 0 Å². The fraction of sp³-hybridized carbons (Fsp3) is 0.814. The Labute approximate surface area is 319 Å². The second kappa shape index (κ2) is 39.0. The number of esters is 2. The maximum absolute atomic E-state index is 12.5. The van der Waals surface area contributed by atoms with Gasteiger partial charge < -0.3 is 14.4 Å². The Kier molecular flexibility index (Phi) is 37.7. The number of allylic oxidation sites excluding steroid dienone is 6. The zero-order valence-corrected chi connectivity index (χ0v) is 34.6. The van der Waals surface area contributed by atoms with Crippen LogP contribution in [0.15, 0.2) is 36.5 Å². The minimum absolute atomic E-state index is 0.00177. The van der Waals surface area contributed by atoms with Gasteiger partial charge in [0.1, 0.15) is 6.61 Å².